The van der Waals surface area contributed by atoms with Crippen LogP contribution in [-0.2, 0) is 28.5 Å². The molecule has 1 aromatic rings. The van der Waals surface area contributed by atoms with Crippen LogP contribution in [0.3, 0.4) is 0 Å². The predicted molar refractivity (Wildman–Crippen MR) is 117 cm³/mol. The first kappa shape index (κ1) is 29.7. The number of rotatable bonds is 11. The van der Waals surface area contributed by atoms with E-state index in [0.29, 0.717) is 18.7 Å². The lowest BCUT2D eigenvalue weighted by Gasteiger charge is -2.26. The summed E-state index contributed by atoms with van der Waals surface area (Å²) < 4.78 is 79.2. The van der Waals surface area contributed by atoms with E-state index in [-0.39, 0.29) is 24.7 Å². The minimum Gasteiger partial charge on any atom is -0.355 e. The smallest absolute Gasteiger partial charge is 0.355 e. The van der Waals surface area contributed by atoms with E-state index in [0.717, 1.165) is 25.7 Å². The Morgan fingerprint density at radius 2 is 1.35 bits per heavy atom. The SMILES string of the molecule is CCCCCCNC(=O)CN(CC(=O)NC(C)(C)C)Cc1cc(C(F)(F)F)cc(C(F)(F)F)c1. The van der Waals surface area contributed by atoms with E-state index in [1.165, 1.54) is 4.90 Å². The summed E-state index contributed by atoms with van der Waals surface area (Å²) in [5.41, 5.74) is -3.81. The number of nitrogens with one attached hydrogen (secondary N) is 2. The van der Waals surface area contributed by atoms with Gasteiger partial charge in [-0.2, -0.15) is 26.3 Å². The summed E-state index contributed by atoms with van der Waals surface area (Å²) >= 11 is 0. The number of carbonyl (C=O) groups is 2. The Morgan fingerprint density at radius 1 is 0.824 bits per heavy atom. The van der Waals surface area contributed by atoms with Crippen molar-refractivity contribution in [3.8, 4) is 0 Å². The van der Waals surface area contributed by atoms with Crippen molar-refractivity contribution in [3.05, 3.63) is 34.9 Å². The molecule has 2 amide bonds. The second kappa shape index (κ2) is 12.4. The van der Waals surface area contributed by atoms with E-state index in [1.807, 2.05) is 6.92 Å². The van der Waals surface area contributed by atoms with Gasteiger partial charge in [-0.1, -0.05) is 26.2 Å². The van der Waals surface area contributed by atoms with Crippen LogP contribution in [0, 0.1) is 0 Å². The van der Waals surface area contributed by atoms with Crippen LogP contribution in [0.2, 0.25) is 0 Å². The Kier molecular flexibility index (Phi) is 10.9. The molecule has 0 radical (unpaired) electrons. The highest BCUT2D eigenvalue weighted by molar-refractivity contribution is 5.81. The number of hydrogen-bond donors (Lipinski definition) is 2. The molecule has 1 rings (SSSR count). The third kappa shape index (κ3) is 11.7. The number of unbranched alkanes of at least 4 members (excludes halogenated alkanes) is 3. The molecule has 0 atom stereocenters. The molecule has 11 heteroatoms. The molecule has 0 heterocycles. The second-order valence-electron chi connectivity index (χ2n) is 9.27. The third-order valence-electron chi connectivity index (χ3n) is 4.65. The highest BCUT2D eigenvalue weighted by Crippen LogP contribution is 2.36. The topological polar surface area (TPSA) is 61.4 Å². The van der Waals surface area contributed by atoms with E-state index in [9.17, 15) is 35.9 Å². The molecule has 0 fully saturated rings. The Bertz CT molecular complexity index is 784. The van der Waals surface area contributed by atoms with E-state index in [2.05, 4.69) is 10.6 Å². The van der Waals surface area contributed by atoms with Gasteiger partial charge >= 0.3 is 12.4 Å². The van der Waals surface area contributed by atoms with E-state index in [1.54, 1.807) is 20.8 Å². The van der Waals surface area contributed by atoms with Crippen molar-refractivity contribution < 1.29 is 35.9 Å². The Morgan fingerprint density at radius 3 is 1.82 bits per heavy atom. The summed E-state index contributed by atoms with van der Waals surface area (Å²) in [7, 11) is 0. The molecule has 5 nitrogen and oxygen atoms in total. The van der Waals surface area contributed by atoms with Gasteiger partial charge in [0.15, 0.2) is 0 Å². The maximum absolute atomic E-state index is 13.2. The van der Waals surface area contributed by atoms with Gasteiger partial charge in [0.2, 0.25) is 11.8 Å². The maximum atomic E-state index is 13.2. The largest absolute Gasteiger partial charge is 0.416 e. The molecule has 0 aliphatic rings. The average Bonchev–Trinajstić information content (AvgIpc) is 2.64. The minimum atomic E-state index is -4.99. The van der Waals surface area contributed by atoms with Crippen LogP contribution in [0.5, 0.6) is 0 Å². The molecule has 34 heavy (non-hydrogen) atoms. The molecular formula is C23H33F6N3O2. The normalized spacial score (nSPS) is 12.7. The van der Waals surface area contributed by atoms with Crippen molar-refractivity contribution in [1.82, 2.24) is 15.5 Å². The van der Waals surface area contributed by atoms with Crippen molar-refractivity contribution in [2.45, 2.75) is 77.8 Å². The fourth-order valence-corrected chi connectivity index (χ4v) is 3.24. The first-order valence-electron chi connectivity index (χ1n) is 11.1. The standard InChI is InChI=1S/C23H33F6N3O2/c1-5-6-7-8-9-30-19(33)14-32(15-20(34)31-21(2,3)4)13-16-10-17(22(24,25)26)12-18(11-16)23(27,28)29/h10-12H,5-9,13-15H2,1-4H3,(H,30,33)(H,31,34). The van der Waals surface area contributed by atoms with Crippen molar-refractivity contribution >= 4 is 11.8 Å². The van der Waals surface area contributed by atoms with Gasteiger partial charge in [-0.25, -0.2) is 0 Å². The minimum absolute atomic E-state index is 0.0448. The molecular weight excluding hydrogens is 464 g/mol. The molecule has 1 aromatic carbocycles. The summed E-state index contributed by atoms with van der Waals surface area (Å²) in [4.78, 5) is 26.0. The average molecular weight is 498 g/mol. The molecule has 0 saturated heterocycles. The molecule has 0 aromatic heterocycles. The van der Waals surface area contributed by atoms with Crippen molar-refractivity contribution in [3.63, 3.8) is 0 Å². The van der Waals surface area contributed by atoms with Crippen molar-refractivity contribution in [1.29, 1.82) is 0 Å². The molecule has 194 valence electrons. The molecule has 2 N–H and O–H groups in total. The molecule has 0 saturated carbocycles. The monoisotopic (exact) mass is 497 g/mol. The summed E-state index contributed by atoms with van der Waals surface area (Å²) in [6.07, 6.45) is -6.29. The van der Waals surface area contributed by atoms with Gasteiger partial charge in [-0.15, -0.1) is 0 Å². The van der Waals surface area contributed by atoms with Gasteiger partial charge in [-0.05, 0) is 51.0 Å². The van der Waals surface area contributed by atoms with Crippen LogP contribution in [-0.4, -0.2) is 41.9 Å². The van der Waals surface area contributed by atoms with E-state index in [4.69, 9.17) is 0 Å². The van der Waals surface area contributed by atoms with Crippen LogP contribution in [0.1, 0.15) is 70.1 Å². The molecule has 0 aliphatic heterocycles. The van der Waals surface area contributed by atoms with Crippen LogP contribution in [0.15, 0.2) is 18.2 Å². The zero-order valence-electron chi connectivity index (χ0n) is 19.9. The summed E-state index contributed by atoms with van der Waals surface area (Å²) in [6.45, 7) is 6.41. The number of amides is 2. The van der Waals surface area contributed by atoms with E-state index < -0.39 is 47.4 Å². The van der Waals surface area contributed by atoms with Gasteiger partial charge in [0.05, 0.1) is 24.2 Å². The highest BCUT2D eigenvalue weighted by atomic mass is 19.4. The quantitative estimate of drug-likeness (QED) is 0.329. The lowest BCUT2D eigenvalue weighted by Crippen LogP contribution is -2.47. The lowest BCUT2D eigenvalue weighted by molar-refractivity contribution is -0.143. The predicted octanol–water partition coefficient (Wildman–Crippen LogP) is 5.14. The highest BCUT2D eigenvalue weighted by Gasteiger charge is 2.37. The zero-order chi connectivity index (χ0) is 26.2. The fraction of sp³-hybridized carbons (Fsp3) is 0.652. The molecule has 0 bridgehead atoms. The molecule has 0 unspecified atom stereocenters. The lowest BCUT2D eigenvalue weighted by atomic mass is 10.0. The number of benzene rings is 1. The fourth-order valence-electron chi connectivity index (χ4n) is 3.24. The molecule has 0 aliphatic carbocycles. The second-order valence-corrected chi connectivity index (χ2v) is 9.27. The van der Waals surface area contributed by atoms with Crippen LogP contribution >= 0.6 is 0 Å². The van der Waals surface area contributed by atoms with Gasteiger partial charge < -0.3 is 10.6 Å². The van der Waals surface area contributed by atoms with Crippen LogP contribution in [0.25, 0.3) is 0 Å². The number of nitrogens with zero attached hydrogens (tertiary/aromatic N) is 1. The van der Waals surface area contributed by atoms with Gasteiger partial charge in [0.1, 0.15) is 0 Å². The Hall–Kier alpha value is -2.30. The van der Waals surface area contributed by atoms with Crippen molar-refractivity contribution in [2.24, 2.45) is 0 Å². The zero-order valence-corrected chi connectivity index (χ0v) is 19.9. The Labute approximate surface area is 196 Å². The third-order valence-corrected chi connectivity index (χ3v) is 4.65. The van der Waals surface area contributed by atoms with Gasteiger partial charge in [0.25, 0.3) is 0 Å². The van der Waals surface area contributed by atoms with E-state index >= 15 is 0 Å². The first-order valence-corrected chi connectivity index (χ1v) is 11.1. The summed E-state index contributed by atoms with van der Waals surface area (Å²) in [5.74, 6) is -0.977. The summed E-state index contributed by atoms with van der Waals surface area (Å²) in [6, 6.07) is 1.25. The molecule has 0 spiro atoms. The van der Waals surface area contributed by atoms with Gasteiger partial charge in [0, 0.05) is 18.6 Å². The van der Waals surface area contributed by atoms with Crippen molar-refractivity contribution in [2.75, 3.05) is 19.6 Å². The Balaban J connectivity index is 3.09. The summed E-state index contributed by atoms with van der Waals surface area (Å²) in [5, 5.41) is 5.35. The number of carbonyl (C=O) groups excluding carboxylic acids is 2. The van der Waals surface area contributed by atoms with Gasteiger partial charge in [-0.3, -0.25) is 14.5 Å². The first-order chi connectivity index (χ1) is 15.5. The maximum Gasteiger partial charge on any atom is 0.416 e. The number of alkyl halides is 6. The number of hydrogen-bond acceptors (Lipinski definition) is 3. The van der Waals surface area contributed by atoms with Crippen LogP contribution in [0.4, 0.5) is 26.3 Å². The van der Waals surface area contributed by atoms with Crippen LogP contribution < -0.4 is 10.6 Å². The number of halogens is 6.